The second kappa shape index (κ2) is 6.35. The van der Waals surface area contributed by atoms with Crippen LogP contribution in [0.5, 0.6) is 5.75 Å². The molecule has 2 aliphatic heterocycles. The van der Waals surface area contributed by atoms with E-state index in [1.54, 1.807) is 24.3 Å². The van der Waals surface area contributed by atoms with E-state index < -0.39 is 0 Å². The molecule has 0 spiro atoms. The first-order chi connectivity index (χ1) is 12.0. The average molecular weight is 363 g/mol. The van der Waals surface area contributed by atoms with Gasteiger partial charge in [-0.1, -0.05) is 11.6 Å². The number of carbonyl (C=O) groups excluding carboxylic acids is 2. The molecule has 1 aromatic carbocycles. The van der Waals surface area contributed by atoms with Crippen molar-refractivity contribution in [1.29, 1.82) is 0 Å². The number of rotatable bonds is 3. The monoisotopic (exact) mass is 362 g/mol. The maximum atomic E-state index is 12.7. The van der Waals surface area contributed by atoms with E-state index in [0.717, 1.165) is 12.0 Å². The van der Waals surface area contributed by atoms with Gasteiger partial charge >= 0.3 is 0 Å². The molecular formula is C18H19ClN2O4. The number of hydrogen-bond acceptors (Lipinski definition) is 4. The van der Waals surface area contributed by atoms with Gasteiger partial charge in [0.2, 0.25) is 5.91 Å². The molecule has 25 heavy (non-hydrogen) atoms. The quantitative estimate of drug-likeness (QED) is 0.854. The first-order valence-electron chi connectivity index (χ1n) is 8.35. The highest BCUT2D eigenvalue weighted by Crippen LogP contribution is 2.39. The van der Waals surface area contributed by atoms with Gasteiger partial charge in [-0.25, -0.2) is 0 Å². The molecule has 0 aromatic heterocycles. The Morgan fingerprint density at radius 3 is 2.88 bits per heavy atom. The highest BCUT2D eigenvalue weighted by atomic mass is 35.5. The molecule has 1 aliphatic carbocycles. The van der Waals surface area contributed by atoms with Crippen molar-refractivity contribution >= 4 is 29.5 Å². The Balaban J connectivity index is 1.49. The molecule has 2 heterocycles. The smallest absolute Gasteiger partial charge is 0.250 e. The number of amides is 2. The van der Waals surface area contributed by atoms with Gasteiger partial charge < -0.3 is 20.1 Å². The van der Waals surface area contributed by atoms with Crippen molar-refractivity contribution in [3.63, 3.8) is 0 Å². The van der Waals surface area contributed by atoms with Crippen molar-refractivity contribution in [3.05, 3.63) is 34.4 Å². The van der Waals surface area contributed by atoms with E-state index in [1.807, 2.05) is 0 Å². The summed E-state index contributed by atoms with van der Waals surface area (Å²) < 4.78 is 11.3. The minimum Gasteiger partial charge on any atom is -0.488 e. The summed E-state index contributed by atoms with van der Waals surface area (Å²) in [6, 6.07) is 5.02. The van der Waals surface area contributed by atoms with Gasteiger partial charge in [0.1, 0.15) is 12.4 Å². The summed E-state index contributed by atoms with van der Waals surface area (Å²) in [6.45, 7) is 2.34. The van der Waals surface area contributed by atoms with Crippen LogP contribution in [0.15, 0.2) is 23.8 Å². The van der Waals surface area contributed by atoms with Crippen molar-refractivity contribution < 1.29 is 19.1 Å². The maximum Gasteiger partial charge on any atom is 0.250 e. The lowest BCUT2D eigenvalue weighted by Crippen LogP contribution is -2.71. The van der Waals surface area contributed by atoms with Crippen LogP contribution in [0.1, 0.15) is 18.9 Å². The van der Waals surface area contributed by atoms with Crippen LogP contribution in [0.4, 0.5) is 0 Å². The van der Waals surface area contributed by atoms with Gasteiger partial charge in [0.15, 0.2) is 0 Å². The highest BCUT2D eigenvalue weighted by Gasteiger charge is 2.55. The van der Waals surface area contributed by atoms with E-state index in [1.165, 1.54) is 6.92 Å². The molecule has 3 aliphatic rings. The van der Waals surface area contributed by atoms with Crippen LogP contribution in [-0.2, 0) is 14.3 Å². The summed E-state index contributed by atoms with van der Waals surface area (Å²) in [5, 5.41) is 6.52. The number of nitrogens with one attached hydrogen (secondary N) is 2. The predicted molar refractivity (Wildman–Crippen MR) is 92.3 cm³/mol. The van der Waals surface area contributed by atoms with Crippen molar-refractivity contribution in [2.75, 3.05) is 13.2 Å². The van der Waals surface area contributed by atoms with Crippen LogP contribution in [0.2, 0.25) is 5.02 Å². The van der Waals surface area contributed by atoms with E-state index in [2.05, 4.69) is 10.6 Å². The Morgan fingerprint density at radius 2 is 2.08 bits per heavy atom. The van der Waals surface area contributed by atoms with Gasteiger partial charge in [-0.15, -0.1) is 0 Å². The third kappa shape index (κ3) is 3.00. The third-order valence-corrected chi connectivity index (χ3v) is 5.26. The lowest BCUT2D eigenvalue weighted by atomic mass is 9.71. The molecule has 6 nitrogen and oxygen atoms in total. The molecule has 1 aromatic rings. The van der Waals surface area contributed by atoms with Crippen LogP contribution in [0.25, 0.3) is 6.08 Å². The van der Waals surface area contributed by atoms with Gasteiger partial charge in [0.05, 0.1) is 23.8 Å². The van der Waals surface area contributed by atoms with Gasteiger partial charge in [-0.05, 0) is 30.7 Å². The molecule has 1 saturated carbocycles. The number of hydrogen-bond donors (Lipinski definition) is 2. The van der Waals surface area contributed by atoms with E-state index in [9.17, 15) is 9.59 Å². The first-order valence-corrected chi connectivity index (χ1v) is 8.73. The summed E-state index contributed by atoms with van der Waals surface area (Å²) in [5.74, 6) is 0.649. The Hall–Kier alpha value is -2.05. The van der Waals surface area contributed by atoms with Crippen molar-refractivity contribution in [2.45, 2.75) is 31.5 Å². The summed E-state index contributed by atoms with van der Waals surface area (Å²) in [6.07, 6.45) is 2.68. The molecule has 0 radical (unpaired) electrons. The number of benzene rings is 1. The molecule has 1 saturated heterocycles. The molecule has 0 bridgehead atoms. The lowest BCUT2D eigenvalue weighted by molar-refractivity contribution is -0.128. The minimum absolute atomic E-state index is 0.00896. The number of carbonyl (C=O) groups is 2. The predicted octanol–water partition coefficient (Wildman–Crippen LogP) is 1.52. The zero-order valence-corrected chi connectivity index (χ0v) is 14.5. The number of ether oxygens (including phenoxy) is 2. The summed E-state index contributed by atoms with van der Waals surface area (Å²) >= 11 is 6.01. The SMILES string of the molecule is CC(=O)N[C@@H]1[C@@H](NC(=O)C2=Cc3cc(Cl)ccc3OC2)[C@H]2CCO[C@H]21. The molecule has 132 valence electrons. The Morgan fingerprint density at radius 1 is 1.24 bits per heavy atom. The second-order valence-electron chi connectivity index (χ2n) is 6.65. The minimum atomic E-state index is -0.184. The van der Waals surface area contributed by atoms with E-state index in [4.69, 9.17) is 21.1 Å². The highest BCUT2D eigenvalue weighted by molar-refractivity contribution is 6.30. The van der Waals surface area contributed by atoms with Crippen LogP contribution in [0.3, 0.4) is 0 Å². The number of fused-ring (bicyclic) bond motifs is 2. The fourth-order valence-electron chi connectivity index (χ4n) is 3.83. The summed E-state index contributed by atoms with van der Waals surface area (Å²) in [5.41, 5.74) is 1.33. The van der Waals surface area contributed by atoms with E-state index in [-0.39, 0.29) is 42.5 Å². The topological polar surface area (TPSA) is 76.7 Å². The Bertz CT molecular complexity index is 763. The normalized spacial score (nSPS) is 29.4. The van der Waals surface area contributed by atoms with E-state index in [0.29, 0.717) is 23.0 Å². The first kappa shape index (κ1) is 16.4. The standard InChI is InChI=1S/C18H19ClN2O4/c1-9(22)20-16-15(13-4-5-24-17(13)16)21-18(23)11-6-10-7-12(19)2-3-14(10)25-8-11/h2-3,6-7,13,15-17H,4-5,8H2,1H3,(H,20,22)(H,21,23)/t13-,15+,16-,17-/m1/s1. The van der Waals surface area contributed by atoms with E-state index >= 15 is 0 Å². The third-order valence-electron chi connectivity index (χ3n) is 5.03. The van der Waals surface area contributed by atoms with Crippen molar-refractivity contribution in [3.8, 4) is 5.75 Å². The zero-order valence-electron chi connectivity index (χ0n) is 13.8. The van der Waals surface area contributed by atoms with Crippen LogP contribution >= 0.6 is 11.6 Å². The van der Waals surface area contributed by atoms with Crippen LogP contribution in [-0.4, -0.2) is 43.2 Å². The molecule has 2 N–H and O–H groups in total. The summed E-state index contributed by atoms with van der Waals surface area (Å²) in [7, 11) is 0. The van der Waals surface area contributed by atoms with Gasteiger partial charge in [0, 0.05) is 30.0 Å². The molecule has 2 amide bonds. The maximum absolute atomic E-state index is 12.7. The Labute approximate surface area is 150 Å². The fourth-order valence-corrected chi connectivity index (χ4v) is 4.01. The summed E-state index contributed by atoms with van der Waals surface area (Å²) in [4.78, 5) is 24.1. The Kier molecular flexibility index (Phi) is 4.17. The van der Waals surface area contributed by atoms with Crippen LogP contribution < -0.4 is 15.4 Å². The molecule has 4 atom stereocenters. The van der Waals surface area contributed by atoms with Gasteiger partial charge in [0.25, 0.3) is 5.91 Å². The molecule has 2 fully saturated rings. The molecular weight excluding hydrogens is 344 g/mol. The van der Waals surface area contributed by atoms with Crippen molar-refractivity contribution in [1.82, 2.24) is 10.6 Å². The number of halogens is 1. The fraction of sp³-hybridized carbons (Fsp3) is 0.444. The zero-order chi connectivity index (χ0) is 17.6. The van der Waals surface area contributed by atoms with Crippen molar-refractivity contribution in [2.24, 2.45) is 5.92 Å². The second-order valence-corrected chi connectivity index (χ2v) is 7.09. The largest absolute Gasteiger partial charge is 0.488 e. The molecule has 0 unspecified atom stereocenters. The lowest BCUT2D eigenvalue weighted by Gasteiger charge is -2.47. The van der Waals surface area contributed by atoms with Gasteiger partial charge in [-0.2, -0.15) is 0 Å². The average Bonchev–Trinajstić information content (AvgIpc) is 3.01. The molecule has 7 heteroatoms. The van der Waals surface area contributed by atoms with Crippen LogP contribution in [0, 0.1) is 5.92 Å². The van der Waals surface area contributed by atoms with Gasteiger partial charge in [-0.3, -0.25) is 9.59 Å². The molecule has 4 rings (SSSR count).